The molecule has 0 unspecified atom stereocenters. The molecule has 122 valence electrons. The molecule has 6 nitrogen and oxygen atoms in total. The number of thiazole rings is 1. The minimum Gasteiger partial charge on any atom is -0.394 e. The minimum absolute atomic E-state index is 0.245. The van der Waals surface area contributed by atoms with Gasteiger partial charge in [0.05, 0.1) is 12.7 Å². The summed E-state index contributed by atoms with van der Waals surface area (Å²) in [6, 6.07) is 6.85. The first-order valence-corrected chi connectivity index (χ1v) is 8.29. The van der Waals surface area contributed by atoms with Gasteiger partial charge in [-0.3, -0.25) is 4.79 Å². The summed E-state index contributed by atoms with van der Waals surface area (Å²) < 4.78 is 5.53. The Bertz CT molecular complexity index is 708. The molecule has 1 aliphatic rings. The van der Waals surface area contributed by atoms with Crippen molar-refractivity contribution in [2.75, 3.05) is 11.9 Å². The van der Waals surface area contributed by atoms with Gasteiger partial charge in [-0.25, -0.2) is 4.98 Å². The molecule has 8 heteroatoms. The monoisotopic (exact) mass is 354 g/mol. The van der Waals surface area contributed by atoms with Crippen LogP contribution < -0.4 is 5.32 Å². The van der Waals surface area contributed by atoms with Crippen LogP contribution in [-0.4, -0.2) is 39.9 Å². The lowest BCUT2D eigenvalue weighted by Gasteiger charge is -2.09. The highest BCUT2D eigenvalue weighted by Gasteiger charge is 2.36. The number of nitrogens with one attached hydrogen (secondary N) is 1. The predicted molar refractivity (Wildman–Crippen MR) is 86.8 cm³/mol. The number of aliphatic hydroxyl groups is 2. The van der Waals surface area contributed by atoms with E-state index in [0.717, 1.165) is 0 Å². The lowest BCUT2D eigenvalue weighted by molar-refractivity contribution is -0.0226. The molecular weight excluding hydrogens is 340 g/mol. The molecule has 1 aliphatic heterocycles. The van der Waals surface area contributed by atoms with E-state index in [1.807, 2.05) is 0 Å². The van der Waals surface area contributed by atoms with Gasteiger partial charge in [0.2, 0.25) is 0 Å². The lowest BCUT2D eigenvalue weighted by Crippen LogP contribution is -2.24. The SMILES string of the molecule is O=C(Nc1cccc(Cl)c1)c1csc([C@H]2C[C@H](O)[C@@H](CO)O2)n1. The Kier molecular flexibility index (Phi) is 4.93. The smallest absolute Gasteiger partial charge is 0.275 e. The van der Waals surface area contributed by atoms with E-state index in [4.69, 9.17) is 21.4 Å². The molecule has 0 radical (unpaired) electrons. The predicted octanol–water partition coefficient (Wildman–Crippen LogP) is 2.23. The van der Waals surface area contributed by atoms with Gasteiger partial charge in [-0.1, -0.05) is 17.7 Å². The number of halogens is 1. The Morgan fingerprint density at radius 3 is 3.04 bits per heavy atom. The fourth-order valence-electron chi connectivity index (χ4n) is 2.35. The fraction of sp³-hybridized carbons (Fsp3) is 0.333. The second-order valence-electron chi connectivity index (χ2n) is 5.18. The lowest BCUT2D eigenvalue weighted by atomic mass is 10.1. The molecular formula is C15H15ClN2O4S. The molecule has 0 spiro atoms. The van der Waals surface area contributed by atoms with Gasteiger partial charge in [-0.15, -0.1) is 11.3 Å². The zero-order valence-electron chi connectivity index (χ0n) is 12.0. The highest BCUT2D eigenvalue weighted by Crippen LogP contribution is 2.34. The number of hydrogen-bond donors (Lipinski definition) is 3. The summed E-state index contributed by atoms with van der Waals surface area (Å²) in [6.07, 6.45) is -1.38. The molecule has 1 aromatic heterocycles. The van der Waals surface area contributed by atoms with Crippen LogP contribution in [0.25, 0.3) is 0 Å². The quantitative estimate of drug-likeness (QED) is 0.783. The molecule has 1 amide bonds. The van der Waals surface area contributed by atoms with Crippen molar-refractivity contribution in [3.63, 3.8) is 0 Å². The second kappa shape index (κ2) is 6.94. The zero-order chi connectivity index (χ0) is 16.4. The van der Waals surface area contributed by atoms with E-state index < -0.39 is 18.3 Å². The molecule has 1 aromatic carbocycles. The Hall–Kier alpha value is -1.51. The summed E-state index contributed by atoms with van der Waals surface area (Å²) >= 11 is 7.17. The molecule has 2 aromatic rings. The molecule has 1 saturated heterocycles. The number of aliphatic hydroxyl groups excluding tert-OH is 2. The van der Waals surface area contributed by atoms with Crippen LogP contribution in [0.1, 0.15) is 28.0 Å². The first kappa shape index (κ1) is 16.4. The number of aromatic nitrogens is 1. The van der Waals surface area contributed by atoms with Crippen LogP contribution in [0.15, 0.2) is 29.6 Å². The molecule has 3 rings (SSSR count). The number of rotatable bonds is 4. The topological polar surface area (TPSA) is 91.7 Å². The molecule has 1 fully saturated rings. The number of amides is 1. The van der Waals surface area contributed by atoms with E-state index in [9.17, 15) is 9.90 Å². The third-order valence-corrected chi connectivity index (χ3v) is 4.69. The van der Waals surface area contributed by atoms with Gasteiger partial charge in [0.15, 0.2) is 0 Å². The molecule has 0 aliphatic carbocycles. The van der Waals surface area contributed by atoms with Crippen LogP contribution in [0.2, 0.25) is 5.02 Å². The van der Waals surface area contributed by atoms with Crippen molar-refractivity contribution in [3.8, 4) is 0 Å². The molecule has 0 saturated carbocycles. The molecule has 3 N–H and O–H groups in total. The largest absolute Gasteiger partial charge is 0.394 e. The van der Waals surface area contributed by atoms with Crippen molar-refractivity contribution in [1.82, 2.24) is 4.98 Å². The second-order valence-corrected chi connectivity index (χ2v) is 6.51. The van der Waals surface area contributed by atoms with Gasteiger partial charge in [-0.05, 0) is 18.2 Å². The minimum atomic E-state index is -0.724. The maximum atomic E-state index is 12.2. The molecule has 23 heavy (non-hydrogen) atoms. The maximum Gasteiger partial charge on any atom is 0.275 e. The Morgan fingerprint density at radius 1 is 1.52 bits per heavy atom. The Labute approximate surface area is 141 Å². The standard InChI is InChI=1S/C15H15ClN2O4S/c16-8-2-1-3-9(4-8)17-14(21)10-7-23-15(18-10)12-5-11(20)13(6-19)22-12/h1-4,7,11-13,19-20H,5-6H2,(H,17,21)/t11-,12+,13+/m0/s1. The van der Waals surface area contributed by atoms with E-state index in [1.54, 1.807) is 29.6 Å². The average Bonchev–Trinajstić information content (AvgIpc) is 3.13. The number of carbonyl (C=O) groups excluding carboxylic acids is 1. The first-order valence-electron chi connectivity index (χ1n) is 7.03. The van der Waals surface area contributed by atoms with Crippen molar-refractivity contribution in [2.45, 2.75) is 24.7 Å². The van der Waals surface area contributed by atoms with Crippen LogP contribution in [0, 0.1) is 0 Å². The number of ether oxygens (including phenoxy) is 1. The summed E-state index contributed by atoms with van der Waals surface area (Å²) in [7, 11) is 0. The third kappa shape index (κ3) is 3.70. The summed E-state index contributed by atoms with van der Waals surface area (Å²) in [5.74, 6) is -0.341. The average molecular weight is 355 g/mol. The van der Waals surface area contributed by atoms with Crippen LogP contribution in [0.4, 0.5) is 5.69 Å². The van der Waals surface area contributed by atoms with Gasteiger partial charge in [0.25, 0.3) is 5.91 Å². The highest BCUT2D eigenvalue weighted by atomic mass is 35.5. The summed E-state index contributed by atoms with van der Waals surface area (Å²) in [6.45, 7) is -0.245. The number of anilines is 1. The van der Waals surface area contributed by atoms with Crippen molar-refractivity contribution < 1.29 is 19.7 Å². The number of nitrogens with zero attached hydrogens (tertiary/aromatic N) is 1. The van der Waals surface area contributed by atoms with E-state index in [1.165, 1.54) is 11.3 Å². The van der Waals surface area contributed by atoms with Gasteiger partial charge in [-0.2, -0.15) is 0 Å². The van der Waals surface area contributed by atoms with Gasteiger partial charge < -0.3 is 20.3 Å². The van der Waals surface area contributed by atoms with Crippen molar-refractivity contribution in [3.05, 3.63) is 45.4 Å². The highest BCUT2D eigenvalue weighted by molar-refractivity contribution is 7.09. The van der Waals surface area contributed by atoms with Crippen molar-refractivity contribution in [1.29, 1.82) is 0 Å². The number of carbonyl (C=O) groups is 1. The van der Waals surface area contributed by atoms with Crippen molar-refractivity contribution in [2.24, 2.45) is 0 Å². The van der Waals surface area contributed by atoms with E-state index in [0.29, 0.717) is 22.1 Å². The van der Waals surface area contributed by atoms with Gasteiger partial charge in [0.1, 0.15) is 22.9 Å². The normalized spacial score (nSPS) is 23.9. The number of hydrogen-bond acceptors (Lipinski definition) is 6. The summed E-state index contributed by atoms with van der Waals surface area (Å²) in [5.41, 5.74) is 0.862. The summed E-state index contributed by atoms with van der Waals surface area (Å²) in [5, 5.41) is 24.4. The van der Waals surface area contributed by atoms with E-state index >= 15 is 0 Å². The Balaban J connectivity index is 1.68. The van der Waals surface area contributed by atoms with E-state index in [2.05, 4.69) is 10.3 Å². The summed E-state index contributed by atoms with van der Waals surface area (Å²) in [4.78, 5) is 16.5. The fourth-order valence-corrected chi connectivity index (χ4v) is 3.39. The van der Waals surface area contributed by atoms with E-state index in [-0.39, 0.29) is 18.2 Å². The zero-order valence-corrected chi connectivity index (χ0v) is 13.5. The number of benzene rings is 1. The van der Waals surface area contributed by atoms with Crippen LogP contribution in [0.3, 0.4) is 0 Å². The van der Waals surface area contributed by atoms with Crippen LogP contribution >= 0.6 is 22.9 Å². The third-order valence-electron chi connectivity index (χ3n) is 3.52. The van der Waals surface area contributed by atoms with Gasteiger partial charge in [0, 0.05) is 22.5 Å². The Morgan fingerprint density at radius 2 is 2.35 bits per heavy atom. The van der Waals surface area contributed by atoms with Gasteiger partial charge >= 0.3 is 0 Å². The molecule has 3 atom stereocenters. The molecule has 0 bridgehead atoms. The first-order chi connectivity index (χ1) is 11.1. The van der Waals surface area contributed by atoms with Crippen LogP contribution in [-0.2, 0) is 4.74 Å². The molecule has 2 heterocycles. The van der Waals surface area contributed by atoms with Crippen LogP contribution in [0.5, 0.6) is 0 Å². The maximum absolute atomic E-state index is 12.2. The van der Waals surface area contributed by atoms with Crippen molar-refractivity contribution >= 4 is 34.5 Å².